The smallest absolute Gasteiger partial charge is 0.266 e. The molecule has 0 bridgehead atoms. The number of carbonyl (C=O) groups excluding carboxylic acids is 1. The minimum Gasteiger partial charge on any atom is -0.304 e. The second-order valence-electron chi connectivity index (χ2n) is 6.69. The molecule has 0 unspecified atom stereocenters. The maximum Gasteiger partial charge on any atom is 0.266 e. The molecule has 1 aliphatic heterocycles. The number of pyridine rings is 2. The maximum atomic E-state index is 13.1. The standard InChI is InChI=1S/C20H20ClN5O/c1-25-7-9-26(10-8-25)24-20(27)17-12-19(14-3-2-6-22-13-14)23-18-5-4-15(21)11-16(17)18/h2-6,11-13H,7-10H2,1H3,(H,24,27). The van der Waals surface area contributed by atoms with Gasteiger partial charge in [-0.1, -0.05) is 11.6 Å². The molecule has 0 spiro atoms. The number of hydrazine groups is 1. The van der Waals surface area contributed by atoms with Crippen molar-refractivity contribution in [2.75, 3.05) is 33.2 Å². The topological polar surface area (TPSA) is 61.4 Å². The molecule has 3 heterocycles. The first-order valence-electron chi connectivity index (χ1n) is 8.85. The molecule has 1 saturated heterocycles. The molecule has 138 valence electrons. The number of carbonyl (C=O) groups is 1. The number of fused-ring (bicyclic) bond motifs is 1. The molecular weight excluding hydrogens is 362 g/mol. The maximum absolute atomic E-state index is 13.1. The summed E-state index contributed by atoms with van der Waals surface area (Å²) in [6.45, 7) is 3.43. The molecule has 0 radical (unpaired) electrons. The van der Waals surface area contributed by atoms with Gasteiger partial charge in [0.1, 0.15) is 0 Å². The number of nitrogens with zero attached hydrogens (tertiary/aromatic N) is 4. The van der Waals surface area contributed by atoms with Crippen LogP contribution in [0.2, 0.25) is 5.02 Å². The summed E-state index contributed by atoms with van der Waals surface area (Å²) in [6, 6.07) is 11.0. The lowest BCUT2D eigenvalue weighted by Gasteiger charge is -2.32. The number of rotatable bonds is 3. The van der Waals surface area contributed by atoms with Crippen molar-refractivity contribution >= 4 is 28.4 Å². The van der Waals surface area contributed by atoms with Crippen LogP contribution in [0.25, 0.3) is 22.2 Å². The summed E-state index contributed by atoms with van der Waals surface area (Å²) in [5.74, 6) is -0.153. The zero-order valence-corrected chi connectivity index (χ0v) is 15.8. The van der Waals surface area contributed by atoms with E-state index < -0.39 is 0 Å². The Morgan fingerprint density at radius 2 is 1.96 bits per heavy atom. The predicted octanol–water partition coefficient (Wildman–Crippen LogP) is 2.84. The highest BCUT2D eigenvalue weighted by Crippen LogP contribution is 2.26. The molecule has 0 saturated carbocycles. The molecule has 4 rings (SSSR count). The van der Waals surface area contributed by atoms with E-state index in [0.717, 1.165) is 42.6 Å². The molecule has 0 atom stereocenters. The second-order valence-corrected chi connectivity index (χ2v) is 7.13. The average molecular weight is 382 g/mol. The summed E-state index contributed by atoms with van der Waals surface area (Å²) in [4.78, 5) is 24.1. The number of hydrogen-bond donors (Lipinski definition) is 1. The molecule has 2 aromatic heterocycles. The Morgan fingerprint density at radius 3 is 2.70 bits per heavy atom. The van der Waals surface area contributed by atoms with Gasteiger partial charge in [0.05, 0.1) is 16.8 Å². The molecule has 0 aliphatic carbocycles. The zero-order valence-electron chi connectivity index (χ0n) is 15.0. The highest BCUT2D eigenvalue weighted by Gasteiger charge is 2.19. The number of halogens is 1. The molecule has 7 heteroatoms. The summed E-state index contributed by atoms with van der Waals surface area (Å²) < 4.78 is 0. The van der Waals surface area contributed by atoms with Crippen LogP contribution in [0.4, 0.5) is 0 Å². The van der Waals surface area contributed by atoms with Crippen molar-refractivity contribution in [3.8, 4) is 11.3 Å². The molecule has 1 N–H and O–H groups in total. The van der Waals surface area contributed by atoms with Gasteiger partial charge in [0, 0.05) is 54.5 Å². The van der Waals surface area contributed by atoms with Crippen LogP contribution in [0, 0.1) is 0 Å². The lowest BCUT2D eigenvalue weighted by molar-refractivity contribution is 0.0664. The van der Waals surface area contributed by atoms with Crippen molar-refractivity contribution in [3.63, 3.8) is 0 Å². The van der Waals surface area contributed by atoms with E-state index in [4.69, 9.17) is 11.6 Å². The minimum atomic E-state index is -0.153. The molecule has 27 heavy (non-hydrogen) atoms. The Kier molecular flexibility index (Phi) is 5.03. The van der Waals surface area contributed by atoms with Crippen molar-refractivity contribution in [2.24, 2.45) is 0 Å². The molecule has 1 fully saturated rings. The van der Waals surface area contributed by atoms with Crippen LogP contribution in [0.3, 0.4) is 0 Å². The molecule has 1 aliphatic rings. The van der Waals surface area contributed by atoms with E-state index in [2.05, 4.69) is 27.3 Å². The van der Waals surface area contributed by atoms with Gasteiger partial charge in [-0.3, -0.25) is 15.2 Å². The van der Waals surface area contributed by atoms with E-state index in [9.17, 15) is 4.79 Å². The fourth-order valence-corrected chi connectivity index (χ4v) is 3.34. The zero-order chi connectivity index (χ0) is 18.8. The van der Waals surface area contributed by atoms with Gasteiger partial charge in [0.2, 0.25) is 0 Å². The van der Waals surface area contributed by atoms with E-state index in [1.165, 1.54) is 0 Å². The number of amides is 1. The number of hydrogen-bond acceptors (Lipinski definition) is 5. The largest absolute Gasteiger partial charge is 0.304 e. The number of piperazine rings is 1. The van der Waals surface area contributed by atoms with Crippen LogP contribution in [0.5, 0.6) is 0 Å². The summed E-state index contributed by atoms with van der Waals surface area (Å²) in [5.41, 5.74) is 5.88. The summed E-state index contributed by atoms with van der Waals surface area (Å²) in [6.07, 6.45) is 3.46. The van der Waals surface area contributed by atoms with Gasteiger partial charge >= 0.3 is 0 Å². The fraction of sp³-hybridized carbons (Fsp3) is 0.250. The van der Waals surface area contributed by atoms with Crippen molar-refractivity contribution in [1.29, 1.82) is 0 Å². The molecule has 3 aromatic rings. The van der Waals surface area contributed by atoms with Gasteiger partial charge in [0.15, 0.2) is 0 Å². The third-order valence-corrected chi connectivity index (χ3v) is 4.97. The average Bonchev–Trinajstić information content (AvgIpc) is 2.69. The van der Waals surface area contributed by atoms with Crippen LogP contribution in [0.15, 0.2) is 48.8 Å². The van der Waals surface area contributed by atoms with E-state index in [1.807, 2.05) is 23.2 Å². The molecule has 1 aromatic carbocycles. The van der Waals surface area contributed by atoms with E-state index in [1.54, 1.807) is 30.6 Å². The van der Waals surface area contributed by atoms with Crippen LogP contribution in [0.1, 0.15) is 10.4 Å². The van der Waals surface area contributed by atoms with Crippen molar-refractivity contribution < 1.29 is 4.79 Å². The van der Waals surface area contributed by atoms with Gasteiger partial charge in [-0.15, -0.1) is 0 Å². The normalized spacial score (nSPS) is 15.8. The number of aromatic nitrogens is 2. The Morgan fingerprint density at radius 1 is 1.15 bits per heavy atom. The fourth-order valence-electron chi connectivity index (χ4n) is 3.17. The Balaban J connectivity index is 1.73. The minimum absolute atomic E-state index is 0.153. The van der Waals surface area contributed by atoms with Crippen molar-refractivity contribution in [2.45, 2.75) is 0 Å². The van der Waals surface area contributed by atoms with Gasteiger partial charge in [-0.05, 0) is 43.4 Å². The number of benzene rings is 1. The predicted molar refractivity (Wildman–Crippen MR) is 107 cm³/mol. The van der Waals surface area contributed by atoms with Gasteiger partial charge < -0.3 is 4.90 Å². The SMILES string of the molecule is CN1CCN(NC(=O)c2cc(-c3cccnc3)nc3ccc(Cl)cc23)CC1. The summed E-state index contributed by atoms with van der Waals surface area (Å²) in [5, 5.41) is 3.27. The van der Waals surface area contributed by atoms with Gasteiger partial charge in [-0.2, -0.15) is 0 Å². The second kappa shape index (κ2) is 7.60. The monoisotopic (exact) mass is 381 g/mol. The Labute approximate surface area is 162 Å². The van der Waals surface area contributed by atoms with E-state index >= 15 is 0 Å². The highest BCUT2D eigenvalue weighted by atomic mass is 35.5. The highest BCUT2D eigenvalue weighted by molar-refractivity contribution is 6.31. The number of likely N-dealkylation sites (N-methyl/N-ethyl adjacent to an activating group) is 1. The first-order chi connectivity index (χ1) is 13.1. The Hall–Kier alpha value is -2.54. The Bertz CT molecular complexity index is 971. The molecule has 6 nitrogen and oxygen atoms in total. The van der Waals surface area contributed by atoms with Gasteiger partial charge in [0.25, 0.3) is 5.91 Å². The van der Waals surface area contributed by atoms with E-state index in [-0.39, 0.29) is 5.91 Å². The molecular formula is C20H20ClN5O. The van der Waals surface area contributed by atoms with Crippen molar-refractivity contribution in [1.82, 2.24) is 25.3 Å². The third-order valence-electron chi connectivity index (χ3n) is 4.74. The third kappa shape index (κ3) is 3.93. The van der Waals surface area contributed by atoms with Gasteiger partial charge in [-0.25, -0.2) is 9.99 Å². The first kappa shape index (κ1) is 17.9. The quantitative estimate of drug-likeness (QED) is 0.756. The van der Waals surface area contributed by atoms with Crippen LogP contribution < -0.4 is 5.43 Å². The van der Waals surface area contributed by atoms with Crippen LogP contribution in [-0.4, -0.2) is 59.0 Å². The number of nitrogens with one attached hydrogen (secondary N) is 1. The molecule has 1 amide bonds. The van der Waals surface area contributed by atoms with Crippen LogP contribution in [-0.2, 0) is 0 Å². The van der Waals surface area contributed by atoms with Crippen LogP contribution >= 0.6 is 11.6 Å². The van der Waals surface area contributed by atoms with E-state index in [0.29, 0.717) is 16.3 Å². The summed E-state index contributed by atoms with van der Waals surface area (Å²) >= 11 is 6.17. The lowest BCUT2D eigenvalue weighted by Crippen LogP contribution is -2.52. The first-order valence-corrected chi connectivity index (χ1v) is 9.23. The summed E-state index contributed by atoms with van der Waals surface area (Å²) in [7, 11) is 2.08. The van der Waals surface area contributed by atoms with Crippen molar-refractivity contribution in [3.05, 3.63) is 59.4 Å². The lowest BCUT2D eigenvalue weighted by atomic mass is 10.0.